The zero-order chi connectivity index (χ0) is 10.8. The van der Waals surface area contributed by atoms with Crippen LogP contribution in [0, 0.1) is 5.92 Å². The topological polar surface area (TPSA) is 58.7 Å². The Labute approximate surface area is 88.4 Å². The molecule has 1 amide bonds. The first-order valence-corrected chi connectivity index (χ1v) is 4.89. The van der Waals surface area contributed by atoms with Gasteiger partial charge in [-0.25, -0.2) is 5.01 Å². The van der Waals surface area contributed by atoms with Crippen molar-refractivity contribution in [1.29, 1.82) is 0 Å². The number of nitrogens with zero attached hydrogens (tertiary/aromatic N) is 2. The van der Waals surface area contributed by atoms with Crippen LogP contribution < -0.4 is 10.7 Å². The SMILES string of the molecule is CC1C=NN(c2cccc(CN)c2)C1=O. The molecule has 2 N–H and O–H groups in total. The number of anilines is 1. The number of hydrogen-bond donors (Lipinski definition) is 1. The van der Waals surface area contributed by atoms with Crippen molar-refractivity contribution in [1.82, 2.24) is 0 Å². The van der Waals surface area contributed by atoms with Crippen LogP contribution in [0.1, 0.15) is 12.5 Å². The number of hydrazone groups is 1. The molecule has 15 heavy (non-hydrogen) atoms. The Hall–Kier alpha value is -1.68. The van der Waals surface area contributed by atoms with Gasteiger partial charge in [-0.3, -0.25) is 4.79 Å². The Morgan fingerprint density at radius 3 is 2.93 bits per heavy atom. The molecule has 1 aliphatic heterocycles. The van der Waals surface area contributed by atoms with Crippen LogP contribution in [0.4, 0.5) is 5.69 Å². The molecule has 0 fully saturated rings. The van der Waals surface area contributed by atoms with Crippen molar-refractivity contribution < 1.29 is 4.79 Å². The fourth-order valence-corrected chi connectivity index (χ4v) is 1.49. The molecule has 0 radical (unpaired) electrons. The molecule has 1 aliphatic rings. The van der Waals surface area contributed by atoms with Gasteiger partial charge >= 0.3 is 0 Å². The van der Waals surface area contributed by atoms with E-state index in [1.165, 1.54) is 5.01 Å². The monoisotopic (exact) mass is 203 g/mol. The number of amides is 1. The van der Waals surface area contributed by atoms with Crippen LogP contribution in [-0.2, 0) is 11.3 Å². The molecule has 1 unspecified atom stereocenters. The third-order valence-corrected chi connectivity index (χ3v) is 2.39. The third kappa shape index (κ3) is 1.76. The summed E-state index contributed by atoms with van der Waals surface area (Å²) in [5.41, 5.74) is 7.31. The zero-order valence-electron chi connectivity index (χ0n) is 8.55. The van der Waals surface area contributed by atoms with E-state index in [2.05, 4.69) is 5.10 Å². The average Bonchev–Trinajstić information content (AvgIpc) is 2.60. The molecule has 2 rings (SSSR count). The van der Waals surface area contributed by atoms with E-state index in [9.17, 15) is 4.79 Å². The van der Waals surface area contributed by atoms with Crippen molar-refractivity contribution in [2.24, 2.45) is 16.8 Å². The van der Waals surface area contributed by atoms with Crippen LogP contribution >= 0.6 is 0 Å². The number of hydrogen-bond acceptors (Lipinski definition) is 3. The van der Waals surface area contributed by atoms with Gasteiger partial charge in [0.15, 0.2) is 0 Å². The van der Waals surface area contributed by atoms with Gasteiger partial charge in [-0.1, -0.05) is 12.1 Å². The van der Waals surface area contributed by atoms with E-state index in [-0.39, 0.29) is 11.8 Å². The van der Waals surface area contributed by atoms with E-state index in [1.54, 1.807) is 6.21 Å². The number of nitrogens with two attached hydrogens (primary N) is 1. The summed E-state index contributed by atoms with van der Waals surface area (Å²) in [5.74, 6) is -0.129. The molecule has 0 bridgehead atoms. The molecule has 0 saturated heterocycles. The van der Waals surface area contributed by atoms with Crippen molar-refractivity contribution >= 4 is 17.8 Å². The van der Waals surface area contributed by atoms with Crippen LogP contribution in [0.5, 0.6) is 0 Å². The van der Waals surface area contributed by atoms with Gasteiger partial charge in [0.25, 0.3) is 5.91 Å². The summed E-state index contributed by atoms with van der Waals surface area (Å²) in [6, 6.07) is 7.54. The van der Waals surface area contributed by atoms with Gasteiger partial charge < -0.3 is 5.73 Å². The summed E-state index contributed by atoms with van der Waals surface area (Å²) < 4.78 is 0. The van der Waals surface area contributed by atoms with Gasteiger partial charge in [0.2, 0.25) is 0 Å². The van der Waals surface area contributed by atoms with Gasteiger partial charge in [0.1, 0.15) is 0 Å². The van der Waals surface area contributed by atoms with Crippen LogP contribution in [0.15, 0.2) is 29.4 Å². The largest absolute Gasteiger partial charge is 0.326 e. The smallest absolute Gasteiger partial charge is 0.255 e. The van der Waals surface area contributed by atoms with Crippen molar-refractivity contribution in [2.75, 3.05) is 5.01 Å². The average molecular weight is 203 g/mol. The summed E-state index contributed by atoms with van der Waals surface area (Å²) in [6.07, 6.45) is 1.65. The molecule has 4 nitrogen and oxygen atoms in total. The number of carbonyl (C=O) groups is 1. The van der Waals surface area contributed by atoms with E-state index in [0.717, 1.165) is 11.3 Å². The maximum Gasteiger partial charge on any atom is 0.255 e. The highest BCUT2D eigenvalue weighted by Crippen LogP contribution is 2.21. The molecule has 1 aromatic carbocycles. The van der Waals surface area contributed by atoms with Gasteiger partial charge in [0, 0.05) is 12.8 Å². The highest BCUT2D eigenvalue weighted by atomic mass is 16.2. The first-order chi connectivity index (χ1) is 7.22. The fraction of sp³-hybridized carbons (Fsp3) is 0.273. The Morgan fingerprint density at radius 2 is 2.33 bits per heavy atom. The maximum absolute atomic E-state index is 11.7. The Morgan fingerprint density at radius 1 is 1.53 bits per heavy atom. The summed E-state index contributed by atoms with van der Waals surface area (Å²) in [4.78, 5) is 11.7. The van der Waals surface area contributed by atoms with E-state index in [0.29, 0.717) is 6.54 Å². The number of benzene rings is 1. The highest BCUT2D eigenvalue weighted by molar-refractivity contribution is 6.07. The lowest BCUT2D eigenvalue weighted by Gasteiger charge is -2.13. The van der Waals surface area contributed by atoms with E-state index in [4.69, 9.17) is 5.73 Å². The van der Waals surface area contributed by atoms with E-state index < -0.39 is 0 Å². The second-order valence-corrected chi connectivity index (χ2v) is 3.58. The molecule has 0 aliphatic carbocycles. The van der Waals surface area contributed by atoms with E-state index in [1.807, 2.05) is 31.2 Å². The van der Waals surface area contributed by atoms with Crippen molar-refractivity contribution in [3.8, 4) is 0 Å². The van der Waals surface area contributed by atoms with E-state index >= 15 is 0 Å². The standard InChI is InChI=1S/C11H13N3O/c1-8-7-13-14(11(8)15)10-4-2-3-9(5-10)6-12/h2-5,7-8H,6,12H2,1H3. The lowest BCUT2D eigenvalue weighted by atomic mass is 10.1. The molecule has 1 atom stereocenters. The molecule has 0 spiro atoms. The first kappa shape index (κ1) is 9.86. The summed E-state index contributed by atoms with van der Waals surface area (Å²) >= 11 is 0. The van der Waals surface area contributed by atoms with Crippen molar-refractivity contribution in [3.05, 3.63) is 29.8 Å². The molecule has 78 valence electrons. The molecule has 1 heterocycles. The number of carbonyl (C=O) groups excluding carboxylic acids is 1. The molecular formula is C11H13N3O. The molecule has 1 aromatic rings. The lowest BCUT2D eigenvalue weighted by molar-refractivity contribution is -0.119. The summed E-state index contributed by atoms with van der Waals surface area (Å²) in [7, 11) is 0. The minimum atomic E-state index is -0.133. The predicted molar refractivity (Wildman–Crippen MR) is 59.5 cm³/mol. The third-order valence-electron chi connectivity index (χ3n) is 2.39. The fourth-order valence-electron chi connectivity index (χ4n) is 1.49. The first-order valence-electron chi connectivity index (χ1n) is 4.89. The Balaban J connectivity index is 2.30. The van der Waals surface area contributed by atoms with Gasteiger partial charge in [-0.05, 0) is 24.6 Å². The summed E-state index contributed by atoms with van der Waals surface area (Å²) in [6.45, 7) is 2.30. The quantitative estimate of drug-likeness (QED) is 0.782. The Kier molecular flexibility index (Phi) is 2.51. The van der Waals surface area contributed by atoms with Crippen molar-refractivity contribution in [3.63, 3.8) is 0 Å². The minimum Gasteiger partial charge on any atom is -0.326 e. The van der Waals surface area contributed by atoms with Crippen LogP contribution in [-0.4, -0.2) is 12.1 Å². The van der Waals surface area contributed by atoms with Gasteiger partial charge in [-0.2, -0.15) is 5.10 Å². The number of rotatable bonds is 2. The molecule has 0 saturated carbocycles. The molecule has 0 aromatic heterocycles. The van der Waals surface area contributed by atoms with Crippen LogP contribution in [0.2, 0.25) is 0 Å². The molecule has 4 heteroatoms. The highest BCUT2D eigenvalue weighted by Gasteiger charge is 2.25. The second kappa shape index (κ2) is 3.82. The molecular weight excluding hydrogens is 190 g/mol. The van der Waals surface area contributed by atoms with Gasteiger partial charge in [-0.15, -0.1) is 0 Å². The van der Waals surface area contributed by atoms with Gasteiger partial charge in [0.05, 0.1) is 11.6 Å². The maximum atomic E-state index is 11.7. The predicted octanol–water partition coefficient (Wildman–Crippen LogP) is 1.11. The van der Waals surface area contributed by atoms with Crippen LogP contribution in [0.25, 0.3) is 0 Å². The lowest BCUT2D eigenvalue weighted by Crippen LogP contribution is -2.24. The summed E-state index contributed by atoms with van der Waals surface area (Å²) in [5, 5.41) is 5.48. The zero-order valence-corrected chi connectivity index (χ0v) is 8.55. The second-order valence-electron chi connectivity index (χ2n) is 3.58. The minimum absolute atomic E-state index is 0.00386. The Bertz CT molecular complexity index is 414. The normalized spacial score (nSPS) is 20.0. The van der Waals surface area contributed by atoms with Crippen LogP contribution in [0.3, 0.4) is 0 Å². The van der Waals surface area contributed by atoms with Crippen molar-refractivity contribution in [2.45, 2.75) is 13.5 Å².